The fourth-order valence-corrected chi connectivity index (χ4v) is 3.85. The van der Waals surface area contributed by atoms with Crippen LogP contribution in [-0.2, 0) is 6.42 Å². The van der Waals surface area contributed by atoms with Gasteiger partial charge in [0.15, 0.2) is 5.78 Å². The summed E-state index contributed by atoms with van der Waals surface area (Å²) in [4.78, 5) is 17.4. The van der Waals surface area contributed by atoms with Gasteiger partial charge in [-0.3, -0.25) is 4.79 Å². The van der Waals surface area contributed by atoms with E-state index in [1.807, 2.05) is 60.8 Å². The number of benzene rings is 2. The van der Waals surface area contributed by atoms with E-state index in [-0.39, 0.29) is 5.78 Å². The third-order valence-electron chi connectivity index (χ3n) is 4.85. The Hall–Kier alpha value is -2.72. The molecule has 0 fully saturated rings. The van der Waals surface area contributed by atoms with Gasteiger partial charge in [0.05, 0.1) is 5.69 Å². The largest absolute Gasteiger partial charge is 0.303 e. The summed E-state index contributed by atoms with van der Waals surface area (Å²) in [6, 6.07) is 19.8. The van der Waals surface area contributed by atoms with E-state index in [1.165, 1.54) is 0 Å². The fraction of sp³-hybridized carbons (Fsp3) is 0.130. The zero-order valence-corrected chi connectivity index (χ0v) is 16.8. The molecule has 3 nitrogen and oxygen atoms in total. The van der Waals surface area contributed by atoms with Gasteiger partial charge < -0.3 is 4.40 Å². The number of aryl methyl sites for hydroxylation is 2. The van der Waals surface area contributed by atoms with Crippen LogP contribution in [0, 0.1) is 13.8 Å². The van der Waals surface area contributed by atoms with Crippen LogP contribution in [0.5, 0.6) is 0 Å². The first-order chi connectivity index (χ1) is 13.0. The molecule has 134 valence electrons. The van der Waals surface area contributed by atoms with Gasteiger partial charge in [0.25, 0.3) is 0 Å². The number of halogens is 1. The standard InChI is InChI=1S/C23H19BrN2O/c1-15-6-5-13-26-16(2)22(25-23(15)26)18-11-9-17(10-12-18)14-21(27)19-7-3-4-8-20(19)24/h3-13H,14H2,1-2H3. The van der Waals surface area contributed by atoms with Crippen LogP contribution in [0.1, 0.15) is 27.2 Å². The molecule has 4 rings (SSSR count). The quantitative estimate of drug-likeness (QED) is 0.392. The van der Waals surface area contributed by atoms with Crippen molar-refractivity contribution in [2.75, 3.05) is 0 Å². The molecule has 0 amide bonds. The lowest BCUT2D eigenvalue weighted by atomic mass is 10.0. The number of imidazole rings is 1. The maximum absolute atomic E-state index is 12.6. The first kappa shape index (κ1) is 17.7. The lowest BCUT2D eigenvalue weighted by Gasteiger charge is -2.05. The van der Waals surface area contributed by atoms with Gasteiger partial charge in [0, 0.05) is 33.9 Å². The molecule has 27 heavy (non-hydrogen) atoms. The Morgan fingerprint density at radius 1 is 1.00 bits per heavy atom. The number of carbonyl (C=O) groups excluding carboxylic acids is 1. The zero-order valence-electron chi connectivity index (χ0n) is 15.2. The zero-order chi connectivity index (χ0) is 19.0. The first-order valence-electron chi connectivity index (χ1n) is 8.86. The second-order valence-electron chi connectivity index (χ2n) is 6.71. The highest BCUT2D eigenvalue weighted by atomic mass is 79.9. The van der Waals surface area contributed by atoms with Crippen LogP contribution in [-0.4, -0.2) is 15.2 Å². The maximum atomic E-state index is 12.6. The molecule has 0 atom stereocenters. The number of ketones is 1. The summed E-state index contributed by atoms with van der Waals surface area (Å²) < 4.78 is 2.96. The number of pyridine rings is 1. The molecule has 0 aliphatic carbocycles. The molecule has 0 unspecified atom stereocenters. The van der Waals surface area contributed by atoms with Crippen LogP contribution in [0.3, 0.4) is 0 Å². The number of aromatic nitrogens is 2. The Kier molecular flexibility index (Phi) is 4.66. The van der Waals surface area contributed by atoms with Gasteiger partial charge in [-0.25, -0.2) is 4.98 Å². The summed E-state index contributed by atoms with van der Waals surface area (Å²) in [6.45, 7) is 4.15. The fourth-order valence-electron chi connectivity index (χ4n) is 3.34. The molecular formula is C23H19BrN2O. The number of rotatable bonds is 4. The van der Waals surface area contributed by atoms with Crippen LogP contribution >= 0.6 is 15.9 Å². The molecule has 2 aromatic carbocycles. The van der Waals surface area contributed by atoms with Crippen LogP contribution in [0.4, 0.5) is 0 Å². The molecule has 0 bridgehead atoms. The van der Waals surface area contributed by atoms with E-state index < -0.39 is 0 Å². The molecular weight excluding hydrogens is 400 g/mol. The Morgan fingerprint density at radius 2 is 1.74 bits per heavy atom. The van der Waals surface area contributed by atoms with Crippen molar-refractivity contribution < 1.29 is 4.79 Å². The molecule has 0 saturated heterocycles. The summed E-state index contributed by atoms with van der Waals surface area (Å²) in [5.74, 6) is 0.106. The van der Waals surface area contributed by atoms with Crippen LogP contribution in [0.2, 0.25) is 0 Å². The smallest absolute Gasteiger partial charge is 0.168 e. The Labute approximate surface area is 166 Å². The van der Waals surface area contributed by atoms with Crippen LogP contribution in [0.25, 0.3) is 16.9 Å². The third kappa shape index (κ3) is 3.33. The van der Waals surface area contributed by atoms with Gasteiger partial charge in [0.2, 0.25) is 0 Å². The van der Waals surface area contributed by atoms with Crippen molar-refractivity contribution in [1.29, 1.82) is 0 Å². The Morgan fingerprint density at radius 3 is 2.44 bits per heavy atom. The van der Waals surface area contributed by atoms with Gasteiger partial charge in [-0.1, -0.05) is 64.5 Å². The van der Waals surface area contributed by atoms with Crippen LogP contribution in [0.15, 0.2) is 71.3 Å². The number of carbonyl (C=O) groups is 1. The number of nitrogens with zero attached hydrogens (tertiary/aromatic N) is 2. The second-order valence-corrected chi connectivity index (χ2v) is 7.56. The monoisotopic (exact) mass is 418 g/mol. The molecule has 0 aliphatic heterocycles. The lowest BCUT2D eigenvalue weighted by molar-refractivity contribution is 0.0992. The molecule has 2 heterocycles. The molecule has 0 radical (unpaired) electrons. The minimum atomic E-state index is 0.106. The van der Waals surface area contributed by atoms with E-state index in [2.05, 4.69) is 40.2 Å². The van der Waals surface area contributed by atoms with Crippen molar-refractivity contribution in [3.8, 4) is 11.3 Å². The average Bonchev–Trinajstić information content (AvgIpc) is 3.01. The van der Waals surface area contributed by atoms with E-state index in [0.29, 0.717) is 12.0 Å². The predicted molar refractivity (Wildman–Crippen MR) is 112 cm³/mol. The predicted octanol–water partition coefficient (Wildman–Crippen LogP) is 5.81. The summed E-state index contributed by atoms with van der Waals surface area (Å²) in [5, 5.41) is 0. The van der Waals surface area contributed by atoms with Gasteiger partial charge in [-0.05, 0) is 37.1 Å². The number of hydrogen-bond donors (Lipinski definition) is 0. The van der Waals surface area contributed by atoms with Crippen LogP contribution < -0.4 is 0 Å². The molecule has 0 spiro atoms. The molecule has 4 aromatic rings. The average molecular weight is 419 g/mol. The third-order valence-corrected chi connectivity index (χ3v) is 5.54. The van der Waals surface area contributed by atoms with Crippen molar-refractivity contribution in [2.45, 2.75) is 20.3 Å². The van der Waals surface area contributed by atoms with Gasteiger partial charge in [-0.2, -0.15) is 0 Å². The highest BCUT2D eigenvalue weighted by Crippen LogP contribution is 2.26. The number of hydrogen-bond acceptors (Lipinski definition) is 2. The van der Waals surface area contributed by atoms with Gasteiger partial charge in [-0.15, -0.1) is 0 Å². The molecule has 0 saturated carbocycles. The topological polar surface area (TPSA) is 34.4 Å². The summed E-state index contributed by atoms with van der Waals surface area (Å²) in [5.41, 5.74) is 7.01. The molecule has 0 N–H and O–H groups in total. The lowest BCUT2D eigenvalue weighted by Crippen LogP contribution is -2.04. The molecule has 0 aliphatic rings. The van der Waals surface area contributed by atoms with Gasteiger partial charge in [0.1, 0.15) is 5.65 Å². The number of Topliss-reactive ketones (excluding diaryl/α,β-unsaturated/α-hetero) is 1. The Balaban J connectivity index is 1.61. The van der Waals surface area contributed by atoms with E-state index in [4.69, 9.17) is 4.98 Å². The SMILES string of the molecule is Cc1cccn2c(C)c(-c3ccc(CC(=O)c4ccccc4Br)cc3)nc12. The van der Waals surface area contributed by atoms with E-state index in [9.17, 15) is 4.79 Å². The highest BCUT2D eigenvalue weighted by Gasteiger charge is 2.13. The second kappa shape index (κ2) is 7.12. The summed E-state index contributed by atoms with van der Waals surface area (Å²) in [6.07, 6.45) is 2.42. The van der Waals surface area contributed by atoms with E-state index in [0.717, 1.165) is 38.2 Å². The van der Waals surface area contributed by atoms with Crippen molar-refractivity contribution in [3.63, 3.8) is 0 Å². The van der Waals surface area contributed by atoms with Crippen molar-refractivity contribution in [2.24, 2.45) is 0 Å². The van der Waals surface area contributed by atoms with Gasteiger partial charge >= 0.3 is 0 Å². The Bertz CT molecular complexity index is 1140. The highest BCUT2D eigenvalue weighted by molar-refractivity contribution is 9.10. The molecule has 2 aromatic heterocycles. The maximum Gasteiger partial charge on any atom is 0.168 e. The van der Waals surface area contributed by atoms with Crippen molar-refractivity contribution in [3.05, 3.63) is 93.7 Å². The normalized spacial score (nSPS) is 11.1. The summed E-state index contributed by atoms with van der Waals surface area (Å²) >= 11 is 3.45. The van der Waals surface area contributed by atoms with Crippen molar-refractivity contribution >= 4 is 27.4 Å². The minimum Gasteiger partial charge on any atom is -0.303 e. The van der Waals surface area contributed by atoms with Crippen molar-refractivity contribution in [1.82, 2.24) is 9.38 Å². The first-order valence-corrected chi connectivity index (χ1v) is 9.65. The number of fused-ring (bicyclic) bond motifs is 1. The molecule has 4 heteroatoms. The van der Waals surface area contributed by atoms with E-state index >= 15 is 0 Å². The minimum absolute atomic E-state index is 0.106. The summed E-state index contributed by atoms with van der Waals surface area (Å²) in [7, 11) is 0. The van der Waals surface area contributed by atoms with E-state index in [1.54, 1.807) is 0 Å².